The average molecular weight is 263 g/mol. The Morgan fingerprint density at radius 3 is 2.63 bits per heavy atom. The SMILES string of the molecule is CCCCCC(=O)c1ccccc1OCCN(C)C. The Kier molecular flexibility index (Phi) is 7.19. The van der Waals surface area contributed by atoms with Crippen molar-refractivity contribution in [2.45, 2.75) is 32.6 Å². The predicted molar refractivity (Wildman–Crippen MR) is 79.0 cm³/mol. The second kappa shape index (κ2) is 8.70. The van der Waals surface area contributed by atoms with Gasteiger partial charge in [-0.15, -0.1) is 0 Å². The fraction of sp³-hybridized carbons (Fsp3) is 0.562. The quantitative estimate of drug-likeness (QED) is 0.505. The summed E-state index contributed by atoms with van der Waals surface area (Å²) in [6.45, 7) is 3.59. The highest BCUT2D eigenvalue weighted by Crippen LogP contribution is 2.20. The van der Waals surface area contributed by atoms with Gasteiger partial charge in [-0.3, -0.25) is 4.79 Å². The molecule has 0 N–H and O–H groups in total. The second-order valence-corrected chi connectivity index (χ2v) is 5.03. The molecule has 0 unspecified atom stereocenters. The Morgan fingerprint density at radius 2 is 1.95 bits per heavy atom. The van der Waals surface area contributed by atoms with E-state index in [0.29, 0.717) is 18.8 Å². The van der Waals surface area contributed by atoms with Crippen LogP contribution in [0.3, 0.4) is 0 Å². The van der Waals surface area contributed by atoms with Crippen LogP contribution in [0.4, 0.5) is 0 Å². The Morgan fingerprint density at radius 1 is 1.21 bits per heavy atom. The molecule has 1 aromatic carbocycles. The van der Waals surface area contributed by atoms with Crippen LogP contribution in [0, 0.1) is 0 Å². The minimum absolute atomic E-state index is 0.189. The number of benzene rings is 1. The van der Waals surface area contributed by atoms with E-state index in [1.54, 1.807) is 0 Å². The first-order valence-corrected chi connectivity index (χ1v) is 7.05. The lowest BCUT2D eigenvalue weighted by Crippen LogP contribution is -2.20. The second-order valence-electron chi connectivity index (χ2n) is 5.03. The third-order valence-corrected chi connectivity index (χ3v) is 2.99. The van der Waals surface area contributed by atoms with Crippen LogP contribution < -0.4 is 4.74 Å². The lowest BCUT2D eigenvalue weighted by atomic mass is 10.0. The summed E-state index contributed by atoms with van der Waals surface area (Å²) in [5.74, 6) is 0.903. The zero-order valence-electron chi connectivity index (χ0n) is 12.3. The predicted octanol–water partition coefficient (Wildman–Crippen LogP) is 3.39. The summed E-state index contributed by atoms with van der Waals surface area (Å²) < 4.78 is 5.71. The van der Waals surface area contributed by atoms with Crippen LogP contribution in [0.2, 0.25) is 0 Å². The van der Waals surface area contributed by atoms with Crippen LogP contribution in [-0.2, 0) is 0 Å². The van der Waals surface area contributed by atoms with Crippen molar-refractivity contribution in [1.29, 1.82) is 0 Å². The third kappa shape index (κ3) is 5.88. The van der Waals surface area contributed by atoms with Gasteiger partial charge >= 0.3 is 0 Å². The first-order chi connectivity index (χ1) is 9.15. The van der Waals surface area contributed by atoms with Gasteiger partial charge in [-0.1, -0.05) is 31.9 Å². The van der Waals surface area contributed by atoms with E-state index in [2.05, 4.69) is 11.8 Å². The molecule has 0 atom stereocenters. The lowest BCUT2D eigenvalue weighted by molar-refractivity contribution is 0.0975. The van der Waals surface area contributed by atoms with Crippen LogP contribution >= 0.6 is 0 Å². The molecular formula is C16H25NO2. The molecule has 19 heavy (non-hydrogen) atoms. The monoisotopic (exact) mass is 263 g/mol. The number of carbonyl (C=O) groups is 1. The van der Waals surface area contributed by atoms with Crippen molar-refractivity contribution in [3.05, 3.63) is 29.8 Å². The van der Waals surface area contributed by atoms with E-state index < -0.39 is 0 Å². The number of nitrogens with zero attached hydrogens (tertiary/aromatic N) is 1. The van der Waals surface area contributed by atoms with Gasteiger partial charge in [0.05, 0.1) is 5.56 Å². The van der Waals surface area contributed by atoms with E-state index in [1.165, 1.54) is 0 Å². The molecule has 0 spiro atoms. The highest BCUT2D eigenvalue weighted by Gasteiger charge is 2.11. The molecule has 0 heterocycles. The molecule has 3 heteroatoms. The van der Waals surface area contributed by atoms with Gasteiger partial charge in [0, 0.05) is 13.0 Å². The topological polar surface area (TPSA) is 29.5 Å². The summed E-state index contributed by atoms with van der Waals surface area (Å²) in [6.07, 6.45) is 3.81. The molecule has 106 valence electrons. The number of hydrogen-bond donors (Lipinski definition) is 0. The zero-order chi connectivity index (χ0) is 14.1. The van der Waals surface area contributed by atoms with Gasteiger partial charge in [-0.2, -0.15) is 0 Å². The van der Waals surface area contributed by atoms with Crippen LogP contribution in [0.1, 0.15) is 43.0 Å². The highest BCUT2D eigenvalue weighted by molar-refractivity contribution is 5.98. The van der Waals surface area contributed by atoms with E-state index in [9.17, 15) is 4.79 Å². The van der Waals surface area contributed by atoms with Gasteiger partial charge in [0.25, 0.3) is 0 Å². The molecule has 0 fully saturated rings. The van der Waals surface area contributed by atoms with Gasteiger partial charge in [0.2, 0.25) is 0 Å². The molecule has 0 bridgehead atoms. The Hall–Kier alpha value is -1.35. The van der Waals surface area contributed by atoms with Gasteiger partial charge in [0.15, 0.2) is 5.78 Å². The van der Waals surface area contributed by atoms with Crippen LogP contribution in [0.15, 0.2) is 24.3 Å². The van der Waals surface area contributed by atoms with Crippen molar-refractivity contribution < 1.29 is 9.53 Å². The van der Waals surface area contributed by atoms with Crippen molar-refractivity contribution in [2.24, 2.45) is 0 Å². The Balaban J connectivity index is 2.59. The maximum absolute atomic E-state index is 12.1. The number of ether oxygens (including phenoxy) is 1. The fourth-order valence-electron chi connectivity index (χ4n) is 1.83. The largest absolute Gasteiger partial charge is 0.491 e. The van der Waals surface area contributed by atoms with E-state index in [0.717, 1.165) is 31.4 Å². The number of likely N-dealkylation sites (N-methyl/N-ethyl adjacent to an activating group) is 1. The Bertz CT molecular complexity index is 388. The van der Waals surface area contributed by atoms with Crippen LogP contribution in [0.5, 0.6) is 5.75 Å². The summed E-state index contributed by atoms with van der Waals surface area (Å²) in [6, 6.07) is 7.54. The number of carbonyl (C=O) groups excluding carboxylic acids is 1. The first-order valence-electron chi connectivity index (χ1n) is 7.05. The van der Waals surface area contributed by atoms with E-state index in [4.69, 9.17) is 4.74 Å². The number of Topliss-reactive ketones (excluding diaryl/α,β-unsaturated/α-hetero) is 1. The minimum atomic E-state index is 0.189. The Labute approximate surface area is 116 Å². The molecule has 3 nitrogen and oxygen atoms in total. The summed E-state index contributed by atoms with van der Waals surface area (Å²) in [5.41, 5.74) is 0.720. The zero-order valence-corrected chi connectivity index (χ0v) is 12.3. The smallest absolute Gasteiger partial charge is 0.166 e. The van der Waals surface area contributed by atoms with Crippen molar-refractivity contribution >= 4 is 5.78 Å². The molecule has 1 aromatic rings. The molecule has 0 aliphatic heterocycles. The summed E-state index contributed by atoms with van der Waals surface area (Å²) >= 11 is 0. The van der Waals surface area contributed by atoms with Gasteiger partial charge in [0.1, 0.15) is 12.4 Å². The van der Waals surface area contributed by atoms with E-state index in [1.807, 2.05) is 38.4 Å². The first kappa shape index (κ1) is 15.7. The van der Waals surface area contributed by atoms with Crippen LogP contribution in [0.25, 0.3) is 0 Å². The van der Waals surface area contributed by atoms with E-state index >= 15 is 0 Å². The van der Waals surface area contributed by atoms with Crippen molar-refractivity contribution in [3.63, 3.8) is 0 Å². The van der Waals surface area contributed by atoms with Crippen LogP contribution in [-0.4, -0.2) is 37.9 Å². The normalized spacial score (nSPS) is 10.7. The highest BCUT2D eigenvalue weighted by atomic mass is 16.5. The molecule has 1 rings (SSSR count). The molecule has 0 aliphatic carbocycles. The molecule has 0 saturated carbocycles. The third-order valence-electron chi connectivity index (χ3n) is 2.99. The van der Waals surface area contributed by atoms with Gasteiger partial charge < -0.3 is 9.64 Å². The number of unbranched alkanes of at least 4 members (excludes halogenated alkanes) is 2. The standard InChI is InChI=1S/C16H25NO2/c1-4-5-6-10-15(18)14-9-7-8-11-16(14)19-13-12-17(2)3/h7-9,11H,4-6,10,12-13H2,1-3H3. The lowest BCUT2D eigenvalue weighted by Gasteiger charge is -2.13. The fourth-order valence-corrected chi connectivity index (χ4v) is 1.83. The summed E-state index contributed by atoms with van der Waals surface area (Å²) in [4.78, 5) is 14.2. The van der Waals surface area contributed by atoms with Gasteiger partial charge in [-0.05, 0) is 32.6 Å². The number of para-hydroxylation sites is 1. The summed E-state index contributed by atoms with van der Waals surface area (Å²) in [7, 11) is 4.01. The number of hydrogen-bond acceptors (Lipinski definition) is 3. The average Bonchev–Trinajstić information content (AvgIpc) is 2.39. The number of ketones is 1. The molecule has 0 amide bonds. The maximum Gasteiger partial charge on any atom is 0.166 e. The summed E-state index contributed by atoms with van der Waals surface area (Å²) in [5, 5.41) is 0. The van der Waals surface area contributed by atoms with E-state index in [-0.39, 0.29) is 5.78 Å². The molecular weight excluding hydrogens is 238 g/mol. The van der Waals surface area contributed by atoms with Crippen molar-refractivity contribution in [2.75, 3.05) is 27.2 Å². The number of rotatable bonds is 9. The van der Waals surface area contributed by atoms with Gasteiger partial charge in [-0.25, -0.2) is 0 Å². The molecule has 0 saturated heterocycles. The van der Waals surface area contributed by atoms with Crippen molar-refractivity contribution in [3.8, 4) is 5.75 Å². The van der Waals surface area contributed by atoms with Crippen molar-refractivity contribution in [1.82, 2.24) is 4.90 Å². The molecule has 0 aliphatic rings. The molecule has 0 radical (unpaired) electrons. The molecule has 0 aromatic heterocycles. The minimum Gasteiger partial charge on any atom is -0.491 e. The maximum atomic E-state index is 12.1.